The van der Waals surface area contributed by atoms with Crippen molar-refractivity contribution in [2.24, 2.45) is 5.92 Å². The van der Waals surface area contributed by atoms with Crippen LogP contribution in [0.15, 0.2) is 0 Å². The first-order valence-electron chi connectivity index (χ1n) is 4.59. The Morgan fingerprint density at radius 2 is 2.00 bits per heavy atom. The lowest BCUT2D eigenvalue weighted by molar-refractivity contribution is -0.139. The van der Waals surface area contributed by atoms with E-state index in [1.807, 2.05) is 13.8 Å². The Morgan fingerprint density at radius 1 is 1.40 bits per heavy atom. The highest BCUT2D eigenvalue weighted by atomic mass is 16.3. The maximum atomic E-state index is 11.2. The van der Waals surface area contributed by atoms with Crippen LogP contribution in [0.2, 0.25) is 0 Å². The second-order valence-electron chi connectivity index (χ2n) is 3.35. The zero-order valence-electron chi connectivity index (χ0n) is 8.78. The second kappa shape index (κ2) is 6.79. The quantitative estimate of drug-likeness (QED) is 0.401. The minimum absolute atomic E-state index is 0.0303. The minimum atomic E-state index is -0.865. The van der Waals surface area contributed by atoms with Crippen molar-refractivity contribution in [3.05, 3.63) is 0 Å². The van der Waals surface area contributed by atoms with Crippen molar-refractivity contribution >= 4 is 11.8 Å². The monoisotopic (exact) mass is 213 g/mol. The van der Waals surface area contributed by atoms with Crippen molar-refractivity contribution < 1.29 is 14.7 Å². The molecule has 1 atom stereocenters. The molecule has 0 bridgehead atoms. The highest BCUT2D eigenvalue weighted by molar-refractivity contribution is 6.35. The van der Waals surface area contributed by atoms with Gasteiger partial charge in [0, 0.05) is 0 Å². The molecular weight excluding hydrogens is 198 g/mol. The van der Waals surface area contributed by atoms with Crippen LogP contribution in [0, 0.1) is 17.2 Å². The Labute approximate surface area is 88.3 Å². The number of hydrogen-bond donors (Lipinski definition) is 3. The summed E-state index contributed by atoms with van der Waals surface area (Å²) in [4.78, 5) is 22.2. The van der Waals surface area contributed by atoms with Crippen molar-refractivity contribution in [1.82, 2.24) is 10.6 Å². The Balaban J connectivity index is 4.11. The molecule has 3 N–H and O–H groups in total. The van der Waals surface area contributed by atoms with E-state index >= 15 is 0 Å². The van der Waals surface area contributed by atoms with Crippen LogP contribution >= 0.6 is 0 Å². The topological polar surface area (TPSA) is 102 Å². The molecule has 6 heteroatoms. The number of aliphatic hydroxyl groups excluding tert-OH is 1. The summed E-state index contributed by atoms with van der Waals surface area (Å²) >= 11 is 0. The van der Waals surface area contributed by atoms with Gasteiger partial charge in [0.2, 0.25) is 0 Å². The van der Waals surface area contributed by atoms with Crippen LogP contribution in [0.25, 0.3) is 0 Å². The molecule has 6 nitrogen and oxygen atoms in total. The normalized spacial score (nSPS) is 11.7. The second-order valence-corrected chi connectivity index (χ2v) is 3.35. The molecule has 0 aromatic rings. The molecule has 0 radical (unpaired) electrons. The smallest absolute Gasteiger partial charge is 0.310 e. The average Bonchev–Trinajstić information content (AvgIpc) is 2.21. The molecule has 0 aromatic carbocycles. The maximum absolute atomic E-state index is 11.2. The number of hydrogen-bond acceptors (Lipinski definition) is 4. The van der Waals surface area contributed by atoms with Gasteiger partial charge in [0.1, 0.15) is 6.54 Å². The van der Waals surface area contributed by atoms with Gasteiger partial charge in [0.15, 0.2) is 0 Å². The Bertz CT molecular complexity index is 270. The number of nitrogens with zero attached hydrogens (tertiary/aromatic N) is 1. The highest BCUT2D eigenvalue weighted by Crippen LogP contribution is 1.99. The van der Waals surface area contributed by atoms with Crippen LogP contribution < -0.4 is 10.6 Å². The fourth-order valence-corrected chi connectivity index (χ4v) is 0.857. The summed E-state index contributed by atoms with van der Waals surface area (Å²) in [5.41, 5.74) is 0. The molecule has 0 spiro atoms. The number of nitrogens with one attached hydrogen (secondary N) is 2. The fourth-order valence-electron chi connectivity index (χ4n) is 0.857. The van der Waals surface area contributed by atoms with E-state index in [1.165, 1.54) is 0 Å². The summed E-state index contributed by atoms with van der Waals surface area (Å²) < 4.78 is 0. The van der Waals surface area contributed by atoms with Crippen molar-refractivity contribution in [2.45, 2.75) is 19.9 Å². The van der Waals surface area contributed by atoms with Gasteiger partial charge < -0.3 is 15.7 Å². The van der Waals surface area contributed by atoms with E-state index in [9.17, 15) is 9.59 Å². The van der Waals surface area contributed by atoms with Crippen molar-refractivity contribution in [3.63, 3.8) is 0 Å². The molecule has 0 aliphatic carbocycles. The van der Waals surface area contributed by atoms with Crippen molar-refractivity contribution in [1.29, 1.82) is 5.26 Å². The summed E-state index contributed by atoms with van der Waals surface area (Å²) in [6.07, 6.45) is 0. The molecule has 1 unspecified atom stereocenters. The largest absolute Gasteiger partial charge is 0.394 e. The van der Waals surface area contributed by atoms with E-state index in [0.717, 1.165) is 0 Å². The maximum Gasteiger partial charge on any atom is 0.310 e. The van der Waals surface area contributed by atoms with Gasteiger partial charge >= 0.3 is 11.8 Å². The average molecular weight is 213 g/mol. The van der Waals surface area contributed by atoms with Gasteiger partial charge in [0.05, 0.1) is 18.7 Å². The van der Waals surface area contributed by atoms with E-state index in [0.29, 0.717) is 0 Å². The van der Waals surface area contributed by atoms with Crippen LogP contribution in [-0.2, 0) is 9.59 Å². The van der Waals surface area contributed by atoms with E-state index < -0.39 is 17.9 Å². The fraction of sp³-hybridized carbons (Fsp3) is 0.667. The van der Waals surface area contributed by atoms with E-state index in [2.05, 4.69) is 10.6 Å². The van der Waals surface area contributed by atoms with Crippen LogP contribution in [0.3, 0.4) is 0 Å². The van der Waals surface area contributed by atoms with Gasteiger partial charge in [0.25, 0.3) is 0 Å². The van der Waals surface area contributed by atoms with Crippen molar-refractivity contribution in [3.8, 4) is 6.07 Å². The number of rotatable bonds is 4. The summed E-state index contributed by atoms with van der Waals surface area (Å²) in [6.45, 7) is 3.19. The zero-order chi connectivity index (χ0) is 11.8. The molecule has 0 aromatic heterocycles. The molecule has 2 amide bonds. The number of aliphatic hydroxyl groups is 1. The van der Waals surface area contributed by atoms with Crippen LogP contribution in [0.4, 0.5) is 0 Å². The van der Waals surface area contributed by atoms with Crippen molar-refractivity contribution in [2.75, 3.05) is 13.2 Å². The third kappa shape index (κ3) is 4.98. The lowest BCUT2D eigenvalue weighted by Gasteiger charge is -2.19. The zero-order valence-corrected chi connectivity index (χ0v) is 8.78. The van der Waals surface area contributed by atoms with Crippen LogP contribution in [0.1, 0.15) is 13.8 Å². The first-order chi connectivity index (χ1) is 7.02. The summed E-state index contributed by atoms with van der Waals surface area (Å²) in [6, 6.07) is 1.23. The van der Waals surface area contributed by atoms with E-state index in [-0.39, 0.29) is 19.1 Å². The van der Waals surface area contributed by atoms with Crippen LogP contribution in [0.5, 0.6) is 0 Å². The Hall–Kier alpha value is -1.61. The number of amides is 2. The molecule has 0 saturated carbocycles. The van der Waals surface area contributed by atoms with Gasteiger partial charge in [-0.3, -0.25) is 9.59 Å². The third-order valence-electron chi connectivity index (χ3n) is 1.85. The lowest BCUT2D eigenvalue weighted by Crippen LogP contribution is -2.48. The van der Waals surface area contributed by atoms with Gasteiger partial charge in [-0.15, -0.1) is 0 Å². The summed E-state index contributed by atoms with van der Waals surface area (Å²) in [5, 5.41) is 21.6. The molecule has 0 saturated heterocycles. The van der Waals surface area contributed by atoms with E-state index in [4.69, 9.17) is 10.4 Å². The number of nitriles is 1. The molecule has 0 rings (SSSR count). The molecule has 0 heterocycles. The van der Waals surface area contributed by atoms with Gasteiger partial charge in [-0.25, -0.2) is 0 Å². The molecule has 84 valence electrons. The predicted octanol–water partition coefficient (Wildman–Crippen LogP) is -1.24. The SMILES string of the molecule is CC(C)C(CO)NC(=O)C(=O)NCC#N. The summed E-state index contributed by atoms with van der Waals surface area (Å²) in [7, 11) is 0. The Kier molecular flexibility index (Phi) is 6.06. The molecule has 15 heavy (non-hydrogen) atoms. The Morgan fingerprint density at radius 3 is 2.40 bits per heavy atom. The van der Waals surface area contributed by atoms with Gasteiger partial charge in [-0.1, -0.05) is 13.8 Å². The number of carbonyl (C=O) groups is 2. The molecular formula is C9H15N3O3. The molecule has 0 aliphatic rings. The predicted molar refractivity (Wildman–Crippen MR) is 52.5 cm³/mol. The first kappa shape index (κ1) is 13.4. The first-order valence-corrected chi connectivity index (χ1v) is 4.59. The molecule has 0 fully saturated rings. The highest BCUT2D eigenvalue weighted by Gasteiger charge is 2.19. The molecule has 0 aliphatic heterocycles. The lowest BCUT2D eigenvalue weighted by atomic mass is 10.1. The van der Waals surface area contributed by atoms with Gasteiger partial charge in [-0.2, -0.15) is 5.26 Å². The number of carbonyl (C=O) groups excluding carboxylic acids is 2. The minimum Gasteiger partial charge on any atom is -0.394 e. The van der Waals surface area contributed by atoms with E-state index in [1.54, 1.807) is 6.07 Å². The van der Waals surface area contributed by atoms with Gasteiger partial charge in [-0.05, 0) is 5.92 Å². The summed E-state index contributed by atoms with van der Waals surface area (Å²) in [5.74, 6) is -1.67. The van der Waals surface area contributed by atoms with Crippen LogP contribution in [-0.4, -0.2) is 36.1 Å². The standard InChI is InChI=1S/C9H15N3O3/c1-6(2)7(5-13)12-9(15)8(14)11-4-3-10/h6-7,13H,4-5H2,1-2H3,(H,11,14)(H,12,15). The third-order valence-corrected chi connectivity index (χ3v) is 1.85.